The highest BCUT2D eigenvalue weighted by atomic mass is 19.4. The largest absolute Gasteiger partial charge is 0.489 e. The molecule has 4 aromatic rings. The number of carbonyl (C=O) groups is 1. The second-order valence-corrected chi connectivity index (χ2v) is 8.79. The van der Waals surface area contributed by atoms with E-state index in [1.165, 1.54) is 12.1 Å². The van der Waals surface area contributed by atoms with Gasteiger partial charge in [-0.15, -0.1) is 0 Å². The van der Waals surface area contributed by atoms with Gasteiger partial charge in [0, 0.05) is 12.7 Å². The van der Waals surface area contributed by atoms with E-state index in [1.807, 2.05) is 67.1 Å². The van der Waals surface area contributed by atoms with E-state index >= 15 is 0 Å². The van der Waals surface area contributed by atoms with Gasteiger partial charge in [0.15, 0.2) is 0 Å². The number of carboxylic acid groups (broad SMARTS) is 1. The molecule has 0 saturated heterocycles. The predicted molar refractivity (Wildman–Crippen MR) is 129 cm³/mol. The molecule has 3 aromatic carbocycles. The molecule has 1 atom stereocenters. The molecule has 1 aromatic heterocycles. The zero-order chi connectivity index (χ0) is 25.2. The van der Waals surface area contributed by atoms with Gasteiger partial charge in [-0.25, -0.2) is 0 Å². The zero-order valence-electron chi connectivity index (χ0n) is 19.5. The molecular weight excluding hydrogens is 455 g/mol. The second-order valence-electron chi connectivity index (χ2n) is 8.79. The minimum absolute atomic E-state index is 0.0690. The summed E-state index contributed by atoms with van der Waals surface area (Å²) in [6, 6.07) is 18.8. The summed E-state index contributed by atoms with van der Waals surface area (Å²) in [7, 11) is 0. The van der Waals surface area contributed by atoms with E-state index in [0.717, 1.165) is 33.7 Å². The Morgan fingerprint density at radius 1 is 1.06 bits per heavy atom. The van der Waals surface area contributed by atoms with Crippen LogP contribution in [0.25, 0.3) is 10.9 Å². The monoisotopic (exact) mass is 481 g/mol. The van der Waals surface area contributed by atoms with E-state index in [4.69, 9.17) is 9.84 Å². The first-order valence-corrected chi connectivity index (χ1v) is 11.3. The number of aromatic nitrogens is 1. The third kappa shape index (κ3) is 5.67. The van der Waals surface area contributed by atoms with Crippen LogP contribution in [0.2, 0.25) is 0 Å². The van der Waals surface area contributed by atoms with Crippen LogP contribution in [0.5, 0.6) is 5.75 Å². The third-order valence-electron chi connectivity index (χ3n) is 6.23. The second kappa shape index (κ2) is 9.86. The molecule has 182 valence electrons. The standard InChI is InChI=1S/C28H26F3NO3/c1-18(14-26(33)34)21-8-10-25(11-9-21)35-17-23-7-6-22-12-13-32(27(22)19(23)2)16-20-4-3-5-24(15-20)28(29,30)31/h3-13,15,18H,14,16-17H2,1-2H3,(H,33,34). The number of aryl methyl sites for hydroxylation is 1. The Bertz CT molecular complexity index is 1340. The van der Waals surface area contributed by atoms with Gasteiger partial charge >= 0.3 is 12.1 Å². The van der Waals surface area contributed by atoms with Crippen LogP contribution in [0.15, 0.2) is 72.9 Å². The molecule has 7 heteroatoms. The molecule has 0 radical (unpaired) electrons. The lowest BCUT2D eigenvalue weighted by Crippen LogP contribution is -2.07. The van der Waals surface area contributed by atoms with Gasteiger partial charge in [0.1, 0.15) is 12.4 Å². The molecule has 1 heterocycles. The number of aliphatic carboxylic acids is 1. The molecule has 4 rings (SSSR count). The molecule has 0 bridgehead atoms. The number of carboxylic acids is 1. The molecule has 0 saturated carbocycles. The highest BCUT2D eigenvalue weighted by Gasteiger charge is 2.30. The van der Waals surface area contributed by atoms with Crippen molar-refractivity contribution in [2.24, 2.45) is 0 Å². The Morgan fingerprint density at radius 3 is 2.49 bits per heavy atom. The summed E-state index contributed by atoms with van der Waals surface area (Å²) in [5.74, 6) is -0.243. The number of hydrogen-bond donors (Lipinski definition) is 1. The molecule has 4 nitrogen and oxygen atoms in total. The first-order chi connectivity index (χ1) is 16.6. The molecule has 0 aliphatic carbocycles. The van der Waals surface area contributed by atoms with Gasteiger partial charge in [-0.3, -0.25) is 4.79 Å². The molecular formula is C28H26F3NO3. The Hall–Kier alpha value is -3.74. The summed E-state index contributed by atoms with van der Waals surface area (Å²) in [5.41, 5.74) is 3.80. The van der Waals surface area contributed by atoms with Crippen LogP contribution in [0, 0.1) is 6.92 Å². The number of hydrogen-bond acceptors (Lipinski definition) is 2. The molecule has 1 unspecified atom stereocenters. The summed E-state index contributed by atoms with van der Waals surface area (Å²) in [5, 5.41) is 9.98. The summed E-state index contributed by atoms with van der Waals surface area (Å²) in [4.78, 5) is 10.9. The Kier molecular flexibility index (Phi) is 6.87. The van der Waals surface area contributed by atoms with Crippen molar-refractivity contribution >= 4 is 16.9 Å². The number of ether oxygens (including phenoxy) is 1. The van der Waals surface area contributed by atoms with Gasteiger partial charge in [0.05, 0.1) is 17.5 Å². The van der Waals surface area contributed by atoms with Gasteiger partial charge < -0.3 is 14.4 Å². The van der Waals surface area contributed by atoms with E-state index in [1.54, 1.807) is 6.07 Å². The first kappa shape index (κ1) is 24.4. The quantitative estimate of drug-likeness (QED) is 0.290. The fraction of sp³-hybridized carbons (Fsp3) is 0.250. The van der Waals surface area contributed by atoms with Crippen LogP contribution in [-0.2, 0) is 24.1 Å². The van der Waals surface area contributed by atoms with Crippen LogP contribution >= 0.6 is 0 Å². The van der Waals surface area contributed by atoms with Gasteiger partial charge in [-0.05, 0) is 70.8 Å². The number of halogens is 3. The maximum absolute atomic E-state index is 13.1. The van der Waals surface area contributed by atoms with Gasteiger partial charge in [-0.1, -0.05) is 43.3 Å². The van der Waals surface area contributed by atoms with Crippen molar-refractivity contribution in [3.63, 3.8) is 0 Å². The van der Waals surface area contributed by atoms with Crippen molar-refractivity contribution in [3.05, 3.63) is 101 Å². The van der Waals surface area contributed by atoms with Crippen molar-refractivity contribution < 1.29 is 27.8 Å². The van der Waals surface area contributed by atoms with Crippen molar-refractivity contribution in [2.45, 2.75) is 45.5 Å². The smallest absolute Gasteiger partial charge is 0.416 e. The van der Waals surface area contributed by atoms with Crippen LogP contribution < -0.4 is 4.74 Å². The summed E-state index contributed by atoms with van der Waals surface area (Å²) in [6.45, 7) is 4.52. The van der Waals surface area contributed by atoms with Crippen LogP contribution in [0.1, 0.15) is 47.1 Å². The summed E-state index contributed by atoms with van der Waals surface area (Å²) >= 11 is 0. The van der Waals surface area contributed by atoms with Crippen molar-refractivity contribution in [3.8, 4) is 5.75 Å². The number of alkyl halides is 3. The minimum Gasteiger partial charge on any atom is -0.489 e. The number of fused-ring (bicyclic) bond motifs is 1. The lowest BCUT2D eigenvalue weighted by Gasteiger charge is -2.14. The molecule has 0 fully saturated rings. The molecule has 0 spiro atoms. The summed E-state index contributed by atoms with van der Waals surface area (Å²) in [6.07, 6.45) is -2.42. The number of rotatable bonds is 8. The molecule has 1 N–H and O–H groups in total. The lowest BCUT2D eigenvalue weighted by molar-refractivity contribution is -0.138. The van der Waals surface area contributed by atoms with Crippen LogP contribution in [-0.4, -0.2) is 15.6 Å². The average molecular weight is 482 g/mol. The predicted octanol–water partition coefficient (Wildman–Crippen LogP) is 7.17. The fourth-order valence-corrected chi connectivity index (χ4v) is 4.29. The molecule has 35 heavy (non-hydrogen) atoms. The van der Waals surface area contributed by atoms with Crippen LogP contribution in [0.4, 0.5) is 13.2 Å². The molecule has 0 aliphatic rings. The highest BCUT2D eigenvalue weighted by Crippen LogP contribution is 2.31. The van der Waals surface area contributed by atoms with Gasteiger partial charge in [-0.2, -0.15) is 13.2 Å². The summed E-state index contributed by atoms with van der Waals surface area (Å²) < 4.78 is 47.3. The first-order valence-electron chi connectivity index (χ1n) is 11.3. The van der Waals surface area contributed by atoms with E-state index in [2.05, 4.69) is 0 Å². The van der Waals surface area contributed by atoms with Crippen molar-refractivity contribution in [1.29, 1.82) is 0 Å². The maximum Gasteiger partial charge on any atom is 0.416 e. The normalized spacial score (nSPS) is 12.6. The maximum atomic E-state index is 13.1. The SMILES string of the molecule is Cc1c(COc2ccc(C(C)CC(=O)O)cc2)ccc2ccn(Cc3cccc(C(F)(F)F)c3)c12. The average Bonchev–Trinajstić information content (AvgIpc) is 3.21. The fourth-order valence-electron chi connectivity index (χ4n) is 4.29. The number of nitrogens with zero attached hydrogens (tertiary/aromatic N) is 1. The van der Waals surface area contributed by atoms with Gasteiger partial charge in [0.25, 0.3) is 0 Å². The minimum atomic E-state index is -4.37. The topological polar surface area (TPSA) is 51.5 Å². The van der Waals surface area contributed by atoms with E-state index < -0.39 is 17.7 Å². The lowest BCUT2D eigenvalue weighted by atomic mass is 9.98. The highest BCUT2D eigenvalue weighted by molar-refractivity contribution is 5.84. The molecule has 0 amide bonds. The van der Waals surface area contributed by atoms with E-state index in [-0.39, 0.29) is 12.3 Å². The molecule has 0 aliphatic heterocycles. The van der Waals surface area contributed by atoms with Crippen molar-refractivity contribution in [1.82, 2.24) is 4.57 Å². The van der Waals surface area contributed by atoms with Gasteiger partial charge in [0.2, 0.25) is 0 Å². The Labute approximate surface area is 201 Å². The third-order valence-corrected chi connectivity index (χ3v) is 6.23. The zero-order valence-corrected chi connectivity index (χ0v) is 19.5. The Morgan fingerprint density at radius 2 is 1.80 bits per heavy atom. The van der Waals surface area contributed by atoms with E-state index in [9.17, 15) is 18.0 Å². The Balaban J connectivity index is 1.51. The van der Waals surface area contributed by atoms with Crippen molar-refractivity contribution in [2.75, 3.05) is 0 Å². The number of benzene rings is 3. The van der Waals surface area contributed by atoms with E-state index in [0.29, 0.717) is 24.5 Å². The van der Waals surface area contributed by atoms with Crippen LogP contribution in [0.3, 0.4) is 0 Å².